The lowest BCUT2D eigenvalue weighted by molar-refractivity contribution is -0.119. The molecule has 0 saturated carbocycles. The van der Waals surface area contributed by atoms with Gasteiger partial charge in [0.2, 0.25) is 5.91 Å². The van der Waals surface area contributed by atoms with Gasteiger partial charge in [-0.2, -0.15) is 0 Å². The summed E-state index contributed by atoms with van der Waals surface area (Å²) in [4.78, 5) is 12.8. The molecule has 1 fully saturated rings. The molecule has 12 heavy (non-hydrogen) atoms. The molecule has 0 bridgehead atoms. The Labute approximate surface area is 73.9 Å². The average molecular weight is 170 g/mol. The molecule has 1 heterocycles. The molecule has 0 aromatic heterocycles. The Morgan fingerprint density at radius 3 is 2.67 bits per heavy atom. The van der Waals surface area contributed by atoms with Crippen LogP contribution < -0.4 is 5.73 Å². The highest BCUT2D eigenvalue weighted by Crippen LogP contribution is 2.21. The van der Waals surface area contributed by atoms with Gasteiger partial charge in [0.15, 0.2) is 0 Å². The minimum atomic E-state index is -0.211. The van der Waals surface area contributed by atoms with Crippen LogP contribution in [0.2, 0.25) is 0 Å². The number of carbonyl (C=O) groups is 1. The molecule has 1 aliphatic rings. The summed E-state index contributed by atoms with van der Waals surface area (Å²) in [6.45, 7) is 6.97. The molecule has 2 N–H and O–H groups in total. The molecule has 0 aliphatic carbocycles. The summed E-state index contributed by atoms with van der Waals surface area (Å²) in [6, 6.07) is 0. The molecular formula is C9H18N2O. The second-order valence-corrected chi connectivity index (χ2v) is 3.94. The summed E-state index contributed by atoms with van der Waals surface area (Å²) in [7, 11) is 0. The van der Waals surface area contributed by atoms with Gasteiger partial charge in [-0.25, -0.2) is 0 Å². The molecule has 0 radical (unpaired) electrons. The molecule has 2 unspecified atom stereocenters. The van der Waals surface area contributed by atoms with E-state index in [9.17, 15) is 4.79 Å². The fourth-order valence-corrected chi connectivity index (χ4v) is 1.71. The third-order valence-electron chi connectivity index (χ3n) is 2.80. The van der Waals surface area contributed by atoms with Gasteiger partial charge in [0, 0.05) is 6.54 Å². The molecule has 0 spiro atoms. The predicted molar refractivity (Wildman–Crippen MR) is 48.6 cm³/mol. The van der Waals surface area contributed by atoms with Gasteiger partial charge in [0.25, 0.3) is 0 Å². The largest absolute Gasteiger partial charge is 0.369 e. The summed E-state index contributed by atoms with van der Waals surface area (Å²) in [5, 5.41) is 0. The molecule has 1 amide bonds. The third kappa shape index (κ3) is 2.48. The number of likely N-dealkylation sites (tertiary alicyclic amines) is 1. The van der Waals surface area contributed by atoms with Gasteiger partial charge in [0.1, 0.15) is 0 Å². The van der Waals surface area contributed by atoms with Crippen molar-refractivity contribution in [2.45, 2.75) is 20.3 Å². The van der Waals surface area contributed by atoms with E-state index in [-0.39, 0.29) is 5.91 Å². The van der Waals surface area contributed by atoms with Crippen LogP contribution in [-0.2, 0) is 4.79 Å². The van der Waals surface area contributed by atoms with Crippen molar-refractivity contribution in [2.75, 3.05) is 19.6 Å². The van der Waals surface area contributed by atoms with Crippen molar-refractivity contribution < 1.29 is 4.79 Å². The van der Waals surface area contributed by atoms with Crippen LogP contribution in [0.1, 0.15) is 20.3 Å². The highest BCUT2D eigenvalue weighted by Gasteiger charge is 2.22. The first-order valence-corrected chi connectivity index (χ1v) is 4.60. The lowest BCUT2D eigenvalue weighted by atomic mass is 9.89. The number of carbonyl (C=O) groups excluding carboxylic acids is 1. The van der Waals surface area contributed by atoms with E-state index in [1.54, 1.807) is 0 Å². The van der Waals surface area contributed by atoms with Crippen LogP contribution >= 0.6 is 0 Å². The summed E-state index contributed by atoms with van der Waals surface area (Å²) in [6.07, 6.45) is 1.19. The molecule has 1 saturated heterocycles. The SMILES string of the molecule is CC1CCN(CC(N)=O)CC1C. The number of primary amides is 1. The van der Waals surface area contributed by atoms with Gasteiger partial charge < -0.3 is 5.73 Å². The number of piperidine rings is 1. The second kappa shape index (κ2) is 3.90. The third-order valence-corrected chi connectivity index (χ3v) is 2.80. The number of nitrogens with two attached hydrogens (primary N) is 1. The molecule has 1 rings (SSSR count). The van der Waals surface area contributed by atoms with Crippen molar-refractivity contribution in [3.05, 3.63) is 0 Å². The smallest absolute Gasteiger partial charge is 0.231 e. The van der Waals surface area contributed by atoms with Crippen molar-refractivity contribution in [1.82, 2.24) is 4.90 Å². The van der Waals surface area contributed by atoms with Crippen molar-refractivity contribution in [3.8, 4) is 0 Å². The number of rotatable bonds is 2. The van der Waals surface area contributed by atoms with E-state index in [4.69, 9.17) is 5.73 Å². The highest BCUT2D eigenvalue weighted by atomic mass is 16.1. The van der Waals surface area contributed by atoms with Crippen molar-refractivity contribution in [2.24, 2.45) is 17.6 Å². The zero-order chi connectivity index (χ0) is 9.14. The van der Waals surface area contributed by atoms with E-state index in [1.807, 2.05) is 0 Å². The van der Waals surface area contributed by atoms with E-state index in [0.29, 0.717) is 12.5 Å². The Hall–Kier alpha value is -0.570. The lowest BCUT2D eigenvalue weighted by Gasteiger charge is -2.34. The van der Waals surface area contributed by atoms with Crippen molar-refractivity contribution >= 4 is 5.91 Å². The quantitative estimate of drug-likeness (QED) is 0.654. The van der Waals surface area contributed by atoms with Crippen molar-refractivity contribution in [1.29, 1.82) is 0 Å². The monoisotopic (exact) mass is 170 g/mol. The molecule has 0 aromatic rings. The van der Waals surface area contributed by atoms with Gasteiger partial charge in [-0.1, -0.05) is 13.8 Å². The number of amides is 1. The molecule has 70 valence electrons. The molecule has 1 aliphatic heterocycles. The van der Waals surface area contributed by atoms with Crippen LogP contribution in [-0.4, -0.2) is 30.4 Å². The first-order valence-electron chi connectivity index (χ1n) is 4.60. The summed E-state index contributed by atoms with van der Waals surface area (Å²) in [5.74, 6) is 1.27. The first kappa shape index (κ1) is 9.52. The lowest BCUT2D eigenvalue weighted by Crippen LogP contribution is -2.42. The number of nitrogens with zero attached hydrogens (tertiary/aromatic N) is 1. The maximum atomic E-state index is 10.6. The summed E-state index contributed by atoms with van der Waals surface area (Å²) >= 11 is 0. The van der Waals surface area contributed by atoms with Gasteiger partial charge >= 0.3 is 0 Å². The normalized spacial score (nSPS) is 31.8. The Morgan fingerprint density at radius 1 is 1.50 bits per heavy atom. The Kier molecular flexibility index (Phi) is 3.09. The van der Waals surface area contributed by atoms with Crippen LogP contribution in [0.4, 0.5) is 0 Å². The molecule has 3 nitrogen and oxygen atoms in total. The summed E-state index contributed by atoms with van der Waals surface area (Å²) < 4.78 is 0. The van der Waals surface area contributed by atoms with E-state index < -0.39 is 0 Å². The van der Waals surface area contributed by atoms with E-state index in [2.05, 4.69) is 18.7 Å². The van der Waals surface area contributed by atoms with Crippen molar-refractivity contribution in [3.63, 3.8) is 0 Å². The standard InChI is InChI=1S/C9H18N2O/c1-7-3-4-11(5-8(7)2)6-9(10)12/h7-8H,3-6H2,1-2H3,(H2,10,12). The van der Waals surface area contributed by atoms with E-state index in [1.165, 1.54) is 6.42 Å². The molecule has 3 heteroatoms. The Morgan fingerprint density at radius 2 is 2.17 bits per heavy atom. The zero-order valence-corrected chi connectivity index (χ0v) is 7.92. The van der Waals surface area contributed by atoms with Crippen LogP contribution in [0, 0.1) is 11.8 Å². The molecule has 0 aromatic carbocycles. The zero-order valence-electron chi connectivity index (χ0n) is 7.92. The topological polar surface area (TPSA) is 46.3 Å². The Balaban J connectivity index is 2.35. The van der Waals surface area contributed by atoms with Gasteiger partial charge in [-0.3, -0.25) is 9.69 Å². The van der Waals surface area contributed by atoms with E-state index >= 15 is 0 Å². The van der Waals surface area contributed by atoms with Gasteiger partial charge in [-0.15, -0.1) is 0 Å². The average Bonchev–Trinajstić information content (AvgIpc) is 1.96. The minimum absolute atomic E-state index is 0.211. The van der Waals surface area contributed by atoms with E-state index in [0.717, 1.165) is 19.0 Å². The van der Waals surface area contributed by atoms with Crippen LogP contribution in [0.15, 0.2) is 0 Å². The van der Waals surface area contributed by atoms with Gasteiger partial charge in [0.05, 0.1) is 6.54 Å². The van der Waals surface area contributed by atoms with Crippen LogP contribution in [0.25, 0.3) is 0 Å². The number of hydrogen-bond acceptors (Lipinski definition) is 2. The summed E-state index contributed by atoms with van der Waals surface area (Å²) in [5.41, 5.74) is 5.12. The molecule has 2 atom stereocenters. The van der Waals surface area contributed by atoms with Gasteiger partial charge in [-0.05, 0) is 24.8 Å². The molecular weight excluding hydrogens is 152 g/mol. The fraction of sp³-hybridized carbons (Fsp3) is 0.889. The number of hydrogen-bond donors (Lipinski definition) is 1. The van der Waals surface area contributed by atoms with Crippen LogP contribution in [0.5, 0.6) is 0 Å². The second-order valence-electron chi connectivity index (χ2n) is 3.94. The maximum Gasteiger partial charge on any atom is 0.231 e. The minimum Gasteiger partial charge on any atom is -0.369 e. The van der Waals surface area contributed by atoms with Crippen LogP contribution in [0.3, 0.4) is 0 Å². The first-order chi connectivity index (χ1) is 5.59. The predicted octanol–water partition coefficient (Wildman–Crippen LogP) is 0.450. The maximum absolute atomic E-state index is 10.6. The highest BCUT2D eigenvalue weighted by molar-refractivity contribution is 5.75. The Bertz CT molecular complexity index is 170. The fourth-order valence-electron chi connectivity index (χ4n) is 1.71.